The third-order valence-corrected chi connectivity index (χ3v) is 5.14. The van der Waals surface area contributed by atoms with Gasteiger partial charge in [0.05, 0.1) is 0 Å². The average Bonchev–Trinajstić information content (AvgIpc) is 2.59. The Hall–Kier alpha value is -0.230. The number of rotatable bonds is 6. The summed E-state index contributed by atoms with van der Waals surface area (Å²) >= 11 is 5.12. The number of hydrogen-bond acceptors (Lipinski definition) is 3. The van der Waals surface area contributed by atoms with Gasteiger partial charge in [0.25, 0.3) is 0 Å². The van der Waals surface area contributed by atoms with E-state index in [-0.39, 0.29) is 11.1 Å². The molecule has 0 fully saturated rings. The van der Waals surface area contributed by atoms with Crippen molar-refractivity contribution in [3.8, 4) is 0 Å². The molecule has 0 amide bonds. The first-order valence-electron chi connectivity index (χ1n) is 5.34. The van der Waals surface area contributed by atoms with Crippen LogP contribution in [0.3, 0.4) is 0 Å². The molecule has 0 aliphatic carbocycles. The summed E-state index contributed by atoms with van der Waals surface area (Å²) in [4.78, 5) is 11.4. The van der Waals surface area contributed by atoms with Gasteiger partial charge in [0, 0.05) is 17.6 Å². The number of halogens is 1. The van der Waals surface area contributed by atoms with Gasteiger partial charge in [-0.3, -0.25) is 4.57 Å². The highest BCUT2D eigenvalue weighted by Gasteiger charge is 2.18. The van der Waals surface area contributed by atoms with Crippen molar-refractivity contribution in [2.45, 2.75) is 38.9 Å². The van der Waals surface area contributed by atoms with Crippen LogP contribution in [0.1, 0.15) is 27.2 Å². The van der Waals surface area contributed by atoms with Crippen LogP contribution in [0.15, 0.2) is 9.95 Å². The number of thioether (sulfide) groups is 1. The Kier molecular flexibility index (Phi) is 5.11. The van der Waals surface area contributed by atoms with Gasteiger partial charge in [-0.15, -0.1) is 5.10 Å². The van der Waals surface area contributed by atoms with Gasteiger partial charge in [-0.1, -0.05) is 48.5 Å². The van der Waals surface area contributed by atoms with Crippen LogP contribution in [0.5, 0.6) is 0 Å². The van der Waals surface area contributed by atoms with Crippen molar-refractivity contribution in [3.05, 3.63) is 10.5 Å². The van der Waals surface area contributed by atoms with E-state index in [0.717, 1.165) is 29.2 Å². The molecule has 4 nitrogen and oxygen atoms in total. The molecule has 92 valence electrons. The molecule has 0 radical (unpaired) electrons. The summed E-state index contributed by atoms with van der Waals surface area (Å²) < 4.78 is 1.70. The first-order valence-corrected chi connectivity index (χ1v) is 7.45. The SMILES string of the molecule is CCCn1c(SCC(C)(C)CBr)n[nH]c1=O. The van der Waals surface area contributed by atoms with Gasteiger partial charge >= 0.3 is 5.69 Å². The van der Waals surface area contributed by atoms with Gasteiger partial charge in [0.2, 0.25) is 0 Å². The number of aromatic nitrogens is 3. The molecule has 1 aromatic rings. The van der Waals surface area contributed by atoms with E-state index in [1.54, 1.807) is 16.3 Å². The van der Waals surface area contributed by atoms with Crippen molar-refractivity contribution in [2.24, 2.45) is 5.41 Å². The van der Waals surface area contributed by atoms with Gasteiger partial charge in [0.15, 0.2) is 5.16 Å². The highest BCUT2D eigenvalue weighted by molar-refractivity contribution is 9.09. The first-order chi connectivity index (χ1) is 7.50. The Morgan fingerprint density at radius 1 is 1.56 bits per heavy atom. The standard InChI is InChI=1S/C10H18BrN3OS/c1-4-5-14-8(15)12-13-9(14)16-7-10(2,3)6-11/h4-7H2,1-3H3,(H,12,15). The van der Waals surface area contributed by atoms with Crippen LogP contribution in [-0.2, 0) is 6.54 Å². The third kappa shape index (κ3) is 3.66. The molecule has 0 aromatic carbocycles. The zero-order valence-electron chi connectivity index (χ0n) is 9.92. The highest BCUT2D eigenvalue weighted by atomic mass is 79.9. The molecule has 16 heavy (non-hydrogen) atoms. The van der Waals surface area contributed by atoms with Crippen molar-refractivity contribution in [1.82, 2.24) is 14.8 Å². The fraction of sp³-hybridized carbons (Fsp3) is 0.800. The minimum absolute atomic E-state index is 0.110. The molecule has 0 aliphatic rings. The second-order valence-corrected chi connectivity index (χ2v) is 6.05. The summed E-state index contributed by atoms with van der Waals surface area (Å²) in [5.41, 5.74) is 0.0949. The lowest BCUT2D eigenvalue weighted by Crippen LogP contribution is -2.19. The number of nitrogens with one attached hydrogen (secondary N) is 1. The normalized spacial score (nSPS) is 12.0. The monoisotopic (exact) mass is 307 g/mol. The lowest BCUT2D eigenvalue weighted by molar-refractivity contribution is 0.494. The van der Waals surface area contributed by atoms with E-state index in [4.69, 9.17) is 0 Å². The van der Waals surface area contributed by atoms with Crippen LogP contribution in [0.25, 0.3) is 0 Å². The quantitative estimate of drug-likeness (QED) is 0.649. The molecular formula is C10H18BrN3OS. The Labute approximate surface area is 108 Å². The number of H-pyrrole nitrogens is 1. The van der Waals surface area contributed by atoms with Gasteiger partial charge in [-0.05, 0) is 11.8 Å². The third-order valence-electron chi connectivity index (χ3n) is 2.12. The zero-order chi connectivity index (χ0) is 12.2. The predicted molar refractivity (Wildman–Crippen MR) is 71.4 cm³/mol. The van der Waals surface area contributed by atoms with Crippen molar-refractivity contribution in [3.63, 3.8) is 0 Å². The van der Waals surface area contributed by atoms with Gasteiger partial charge in [-0.2, -0.15) is 0 Å². The Morgan fingerprint density at radius 3 is 2.81 bits per heavy atom. The van der Waals surface area contributed by atoms with E-state index in [1.807, 2.05) is 0 Å². The van der Waals surface area contributed by atoms with Crippen molar-refractivity contribution in [1.29, 1.82) is 0 Å². The molecule has 1 N–H and O–H groups in total. The van der Waals surface area contributed by atoms with Crippen LogP contribution in [-0.4, -0.2) is 25.8 Å². The summed E-state index contributed by atoms with van der Waals surface area (Å²) in [6.45, 7) is 7.15. The van der Waals surface area contributed by atoms with Gasteiger partial charge in [0.1, 0.15) is 0 Å². The van der Waals surface area contributed by atoms with Crippen molar-refractivity contribution in [2.75, 3.05) is 11.1 Å². The van der Waals surface area contributed by atoms with Crippen LogP contribution in [0.4, 0.5) is 0 Å². The second-order valence-electron chi connectivity index (χ2n) is 4.55. The summed E-state index contributed by atoms with van der Waals surface area (Å²) in [5, 5.41) is 8.28. The molecule has 1 rings (SSSR count). The molecule has 0 bridgehead atoms. The van der Waals surface area contributed by atoms with Crippen molar-refractivity contribution >= 4 is 27.7 Å². The molecule has 0 aliphatic heterocycles. The molecule has 1 heterocycles. The largest absolute Gasteiger partial charge is 0.343 e. The maximum absolute atomic E-state index is 11.4. The average molecular weight is 308 g/mol. The summed E-state index contributed by atoms with van der Waals surface area (Å²) in [6, 6.07) is 0. The van der Waals surface area contributed by atoms with Crippen LogP contribution < -0.4 is 5.69 Å². The maximum Gasteiger partial charge on any atom is 0.343 e. The molecule has 6 heteroatoms. The summed E-state index contributed by atoms with van der Waals surface area (Å²) in [6.07, 6.45) is 0.939. The lowest BCUT2D eigenvalue weighted by atomic mass is 10.0. The fourth-order valence-corrected chi connectivity index (χ4v) is 2.66. The van der Waals surface area contributed by atoms with E-state index in [9.17, 15) is 4.79 Å². The number of alkyl halides is 1. The lowest BCUT2D eigenvalue weighted by Gasteiger charge is -2.20. The molecule has 0 spiro atoms. The molecule has 0 saturated carbocycles. The number of aromatic amines is 1. The number of hydrogen-bond donors (Lipinski definition) is 1. The Balaban J connectivity index is 2.70. The van der Waals surface area contributed by atoms with E-state index in [2.05, 4.69) is 46.9 Å². The number of nitrogens with zero attached hydrogens (tertiary/aromatic N) is 2. The molecule has 0 atom stereocenters. The molecular weight excluding hydrogens is 290 g/mol. The first kappa shape index (κ1) is 13.8. The molecule has 0 unspecified atom stereocenters. The van der Waals surface area contributed by atoms with Crippen LogP contribution in [0, 0.1) is 5.41 Å². The van der Waals surface area contributed by atoms with E-state index >= 15 is 0 Å². The van der Waals surface area contributed by atoms with Crippen LogP contribution >= 0.6 is 27.7 Å². The van der Waals surface area contributed by atoms with Crippen LogP contribution in [0.2, 0.25) is 0 Å². The Morgan fingerprint density at radius 2 is 2.25 bits per heavy atom. The van der Waals surface area contributed by atoms with Gasteiger partial charge < -0.3 is 0 Å². The minimum atomic E-state index is -0.110. The Bertz CT molecular complexity index is 386. The smallest absolute Gasteiger partial charge is 0.270 e. The highest BCUT2D eigenvalue weighted by Crippen LogP contribution is 2.27. The minimum Gasteiger partial charge on any atom is -0.270 e. The topological polar surface area (TPSA) is 50.7 Å². The second kappa shape index (κ2) is 5.91. The zero-order valence-corrected chi connectivity index (χ0v) is 12.3. The van der Waals surface area contributed by atoms with Crippen molar-refractivity contribution < 1.29 is 0 Å². The van der Waals surface area contributed by atoms with E-state index < -0.39 is 0 Å². The van der Waals surface area contributed by atoms with E-state index in [0.29, 0.717) is 0 Å². The fourth-order valence-electron chi connectivity index (χ4n) is 1.13. The molecule has 0 saturated heterocycles. The van der Waals surface area contributed by atoms with Gasteiger partial charge in [-0.25, -0.2) is 9.89 Å². The summed E-state index contributed by atoms with van der Waals surface area (Å²) in [5.74, 6) is 0.937. The maximum atomic E-state index is 11.4. The van der Waals surface area contributed by atoms with E-state index in [1.165, 1.54) is 0 Å². The summed E-state index contributed by atoms with van der Waals surface area (Å²) in [7, 11) is 0. The molecule has 1 aromatic heterocycles. The predicted octanol–water partition coefficient (Wildman–Crippen LogP) is 2.49.